The second-order valence-corrected chi connectivity index (χ2v) is 5.16. The number of hydrogen-bond donors (Lipinski definition) is 2. The summed E-state index contributed by atoms with van der Waals surface area (Å²) in [5.41, 5.74) is 5.32. The first-order valence-corrected chi connectivity index (χ1v) is 7.11. The second-order valence-electron chi connectivity index (χ2n) is 5.16. The Morgan fingerprint density at radius 3 is 2.75 bits per heavy atom. The van der Waals surface area contributed by atoms with Crippen LogP contribution in [0.1, 0.15) is 16.8 Å². The molecule has 0 aliphatic rings. The van der Waals surface area contributed by atoms with Crippen LogP contribution in [0.15, 0.2) is 48.8 Å². The number of rotatable bonds is 5. The van der Waals surface area contributed by atoms with Gasteiger partial charge in [-0.2, -0.15) is 0 Å². The molecule has 3 N–H and O–H groups in total. The molecule has 0 saturated carbocycles. The first kappa shape index (κ1) is 12.9. The molecule has 3 aromatic rings. The molecule has 0 bridgehead atoms. The van der Waals surface area contributed by atoms with Crippen LogP contribution in [0.5, 0.6) is 0 Å². The fraction of sp³-hybridized carbons (Fsp3) is 0.235. The number of aryl methyl sites for hydroxylation is 1. The predicted octanol–water partition coefficient (Wildman–Crippen LogP) is 2.18. The highest BCUT2D eigenvalue weighted by Crippen LogP contribution is 2.21. The van der Waals surface area contributed by atoms with Crippen molar-refractivity contribution in [3.8, 4) is 0 Å². The zero-order chi connectivity index (χ0) is 13.8. The number of nitrogens with one attached hydrogen (secondary N) is 1. The lowest BCUT2D eigenvalue weighted by atomic mass is 10.1. The van der Waals surface area contributed by atoms with Gasteiger partial charge in [0, 0.05) is 41.0 Å². The third-order valence-electron chi connectivity index (χ3n) is 3.75. The molecule has 0 atom stereocenters. The van der Waals surface area contributed by atoms with E-state index in [1.807, 2.05) is 12.4 Å². The fourth-order valence-electron chi connectivity index (χ4n) is 2.69. The van der Waals surface area contributed by atoms with Crippen molar-refractivity contribution in [2.75, 3.05) is 6.54 Å². The number of quaternary nitrogens is 1. The van der Waals surface area contributed by atoms with Gasteiger partial charge in [0.15, 0.2) is 0 Å². The molecule has 2 heterocycles. The maximum absolute atomic E-state index is 4.04. The van der Waals surface area contributed by atoms with Crippen molar-refractivity contribution in [2.24, 2.45) is 0 Å². The Labute approximate surface area is 119 Å². The number of H-pyrrole nitrogens is 1. The molecule has 3 rings (SSSR count). The maximum atomic E-state index is 4.04. The van der Waals surface area contributed by atoms with Gasteiger partial charge in [-0.1, -0.05) is 18.2 Å². The first-order valence-electron chi connectivity index (χ1n) is 7.11. The molecule has 0 amide bonds. The molecule has 0 fully saturated rings. The van der Waals surface area contributed by atoms with Gasteiger partial charge in [0.1, 0.15) is 6.54 Å². The maximum Gasteiger partial charge on any atom is 0.101 e. The van der Waals surface area contributed by atoms with Gasteiger partial charge in [0.2, 0.25) is 0 Å². The van der Waals surface area contributed by atoms with Gasteiger partial charge in [-0.3, -0.25) is 4.98 Å². The number of para-hydroxylation sites is 1. The molecule has 0 aliphatic carbocycles. The van der Waals surface area contributed by atoms with E-state index >= 15 is 0 Å². The number of nitrogens with two attached hydrogens (primary N) is 1. The number of hydrogen-bond acceptors (Lipinski definition) is 1. The number of pyridine rings is 1. The van der Waals surface area contributed by atoms with E-state index in [2.05, 4.69) is 58.6 Å². The summed E-state index contributed by atoms with van der Waals surface area (Å²) in [6.07, 6.45) is 4.81. The molecule has 0 unspecified atom stereocenters. The molecule has 0 aliphatic heterocycles. The minimum absolute atomic E-state index is 1.02. The molecular formula is C17H20N3+. The van der Waals surface area contributed by atoms with Gasteiger partial charge in [0.25, 0.3) is 0 Å². The van der Waals surface area contributed by atoms with Crippen LogP contribution < -0.4 is 5.32 Å². The van der Waals surface area contributed by atoms with Crippen LogP contribution in [-0.2, 0) is 13.0 Å². The standard InChI is InChI=1S/C17H19N3/c1-13-15(16-4-2-3-5-17(16)20-13)8-11-19-12-14-6-9-18-10-7-14/h2-7,9-10,19-20H,8,11-12H2,1H3/p+1. The Morgan fingerprint density at radius 2 is 1.90 bits per heavy atom. The highest BCUT2D eigenvalue weighted by atomic mass is 14.8. The predicted molar refractivity (Wildman–Crippen MR) is 81.5 cm³/mol. The quantitative estimate of drug-likeness (QED) is 0.683. The molecule has 3 heteroatoms. The lowest BCUT2D eigenvalue weighted by Crippen LogP contribution is -2.83. The van der Waals surface area contributed by atoms with Crippen molar-refractivity contribution in [1.82, 2.24) is 9.97 Å². The van der Waals surface area contributed by atoms with E-state index in [1.54, 1.807) is 0 Å². The van der Waals surface area contributed by atoms with Crippen molar-refractivity contribution in [3.63, 3.8) is 0 Å². The third-order valence-corrected chi connectivity index (χ3v) is 3.75. The topological polar surface area (TPSA) is 45.3 Å². The van der Waals surface area contributed by atoms with Crippen LogP contribution in [0.3, 0.4) is 0 Å². The number of aromatic amines is 1. The van der Waals surface area contributed by atoms with Crippen molar-refractivity contribution in [2.45, 2.75) is 19.9 Å². The first-order chi connectivity index (χ1) is 9.84. The van der Waals surface area contributed by atoms with Gasteiger partial charge in [-0.15, -0.1) is 0 Å². The highest BCUT2D eigenvalue weighted by molar-refractivity contribution is 5.84. The Hall–Kier alpha value is -2.13. The fourth-order valence-corrected chi connectivity index (χ4v) is 2.69. The summed E-state index contributed by atoms with van der Waals surface area (Å²) in [6, 6.07) is 12.7. The van der Waals surface area contributed by atoms with Crippen molar-refractivity contribution < 1.29 is 5.32 Å². The monoisotopic (exact) mass is 266 g/mol. The summed E-state index contributed by atoms with van der Waals surface area (Å²) in [5.74, 6) is 0. The second kappa shape index (κ2) is 5.88. The summed E-state index contributed by atoms with van der Waals surface area (Å²) in [4.78, 5) is 7.51. The summed E-state index contributed by atoms with van der Waals surface area (Å²) < 4.78 is 0. The summed E-state index contributed by atoms with van der Waals surface area (Å²) >= 11 is 0. The molecule has 20 heavy (non-hydrogen) atoms. The molecule has 102 valence electrons. The average molecular weight is 266 g/mol. The molecule has 1 aromatic carbocycles. The van der Waals surface area contributed by atoms with E-state index in [4.69, 9.17) is 0 Å². The van der Waals surface area contributed by atoms with Gasteiger partial charge < -0.3 is 10.3 Å². The normalized spacial score (nSPS) is 11.1. The van der Waals surface area contributed by atoms with E-state index in [9.17, 15) is 0 Å². The molecule has 2 aromatic heterocycles. The van der Waals surface area contributed by atoms with Crippen LogP contribution in [0.25, 0.3) is 10.9 Å². The lowest BCUT2D eigenvalue weighted by molar-refractivity contribution is -0.670. The van der Waals surface area contributed by atoms with Crippen molar-refractivity contribution >= 4 is 10.9 Å². The van der Waals surface area contributed by atoms with Crippen molar-refractivity contribution in [1.29, 1.82) is 0 Å². The molecular weight excluding hydrogens is 246 g/mol. The van der Waals surface area contributed by atoms with Crippen LogP contribution in [-0.4, -0.2) is 16.5 Å². The number of aromatic nitrogens is 2. The van der Waals surface area contributed by atoms with Crippen molar-refractivity contribution in [3.05, 3.63) is 65.6 Å². The van der Waals surface area contributed by atoms with Crippen LogP contribution in [0, 0.1) is 6.92 Å². The van der Waals surface area contributed by atoms with Crippen LogP contribution in [0.4, 0.5) is 0 Å². The summed E-state index contributed by atoms with van der Waals surface area (Å²) in [6.45, 7) is 4.28. The highest BCUT2D eigenvalue weighted by Gasteiger charge is 2.08. The smallest absolute Gasteiger partial charge is 0.101 e. The zero-order valence-corrected chi connectivity index (χ0v) is 11.8. The average Bonchev–Trinajstić information content (AvgIpc) is 2.80. The number of benzene rings is 1. The largest absolute Gasteiger partial charge is 0.358 e. The molecule has 0 saturated heterocycles. The van der Waals surface area contributed by atoms with E-state index in [-0.39, 0.29) is 0 Å². The Bertz CT molecular complexity index is 686. The SMILES string of the molecule is Cc1[nH]c2ccccc2c1CC[NH2+]Cc1ccncc1. The van der Waals surface area contributed by atoms with E-state index in [1.165, 1.54) is 27.7 Å². The minimum Gasteiger partial charge on any atom is -0.358 e. The molecule has 0 radical (unpaired) electrons. The van der Waals surface area contributed by atoms with Gasteiger partial charge in [-0.05, 0) is 30.7 Å². The van der Waals surface area contributed by atoms with E-state index in [0.717, 1.165) is 19.5 Å². The summed E-state index contributed by atoms with van der Waals surface area (Å²) in [7, 11) is 0. The Morgan fingerprint density at radius 1 is 1.10 bits per heavy atom. The number of fused-ring (bicyclic) bond motifs is 1. The number of nitrogens with zero attached hydrogens (tertiary/aromatic N) is 1. The molecule has 0 spiro atoms. The molecule has 3 nitrogen and oxygen atoms in total. The van der Waals surface area contributed by atoms with Crippen LogP contribution in [0.2, 0.25) is 0 Å². The Kier molecular flexibility index (Phi) is 3.79. The third kappa shape index (κ3) is 2.73. The Balaban J connectivity index is 1.61. The van der Waals surface area contributed by atoms with Gasteiger partial charge in [0.05, 0.1) is 6.54 Å². The minimum atomic E-state index is 1.02. The van der Waals surface area contributed by atoms with E-state index in [0.29, 0.717) is 0 Å². The van der Waals surface area contributed by atoms with E-state index < -0.39 is 0 Å². The van der Waals surface area contributed by atoms with Gasteiger partial charge >= 0.3 is 0 Å². The van der Waals surface area contributed by atoms with Gasteiger partial charge in [-0.25, -0.2) is 0 Å². The lowest BCUT2D eigenvalue weighted by Gasteiger charge is -2.03. The zero-order valence-electron chi connectivity index (χ0n) is 11.8. The summed E-state index contributed by atoms with van der Waals surface area (Å²) in [5, 5.41) is 3.72. The van der Waals surface area contributed by atoms with Crippen LogP contribution >= 0.6 is 0 Å².